The van der Waals surface area contributed by atoms with Gasteiger partial charge in [-0.3, -0.25) is 0 Å². The highest BCUT2D eigenvalue weighted by Crippen LogP contribution is 2.33. The minimum atomic E-state index is -0.176. The first-order chi connectivity index (χ1) is 7.70. The monoisotopic (exact) mass is 222 g/mol. The van der Waals surface area contributed by atoms with Crippen molar-refractivity contribution in [3.63, 3.8) is 0 Å². The average molecular weight is 222 g/mol. The summed E-state index contributed by atoms with van der Waals surface area (Å²) in [6, 6.07) is 7.23. The van der Waals surface area contributed by atoms with Crippen molar-refractivity contribution in [2.24, 2.45) is 5.92 Å². The van der Waals surface area contributed by atoms with E-state index in [0.29, 0.717) is 6.04 Å². The van der Waals surface area contributed by atoms with E-state index in [1.165, 1.54) is 25.0 Å². The van der Waals surface area contributed by atoms with Crippen LogP contribution in [0.3, 0.4) is 0 Å². The number of rotatable bonds is 5. The first-order valence-electron chi connectivity index (χ1n) is 5.84. The van der Waals surface area contributed by atoms with Gasteiger partial charge in [0.15, 0.2) is 0 Å². The molecule has 1 fully saturated rings. The Labute approximate surface area is 96.5 Å². The largest absolute Gasteiger partial charge is 0.373 e. The summed E-state index contributed by atoms with van der Waals surface area (Å²) < 4.78 is 12.8. The number of nitrogens with zero attached hydrogens (tertiary/aromatic N) is 1. The van der Waals surface area contributed by atoms with Gasteiger partial charge in [-0.2, -0.15) is 0 Å². The van der Waals surface area contributed by atoms with E-state index in [1.54, 1.807) is 0 Å². The van der Waals surface area contributed by atoms with Gasteiger partial charge in [-0.1, -0.05) is 0 Å². The van der Waals surface area contributed by atoms with Gasteiger partial charge in [-0.05, 0) is 50.1 Å². The average Bonchev–Trinajstić information content (AvgIpc) is 3.10. The summed E-state index contributed by atoms with van der Waals surface area (Å²) in [6.07, 6.45) is 2.67. The number of benzene rings is 1. The highest BCUT2D eigenvalue weighted by molar-refractivity contribution is 5.45. The molecular weight excluding hydrogens is 203 g/mol. The van der Waals surface area contributed by atoms with E-state index >= 15 is 0 Å². The summed E-state index contributed by atoms with van der Waals surface area (Å²) in [4.78, 5) is 2.18. The summed E-state index contributed by atoms with van der Waals surface area (Å²) in [5, 5.41) is 3.36. The molecule has 1 aromatic rings. The summed E-state index contributed by atoms with van der Waals surface area (Å²) in [5.41, 5.74) is 1.07. The second-order valence-corrected chi connectivity index (χ2v) is 4.59. The molecular formula is C13H19FN2. The predicted molar refractivity (Wildman–Crippen MR) is 65.2 cm³/mol. The van der Waals surface area contributed by atoms with Gasteiger partial charge in [0.05, 0.1) is 0 Å². The molecule has 88 valence electrons. The van der Waals surface area contributed by atoms with Crippen LogP contribution in [0.4, 0.5) is 10.1 Å². The maximum Gasteiger partial charge on any atom is 0.123 e. The molecule has 2 nitrogen and oxygen atoms in total. The molecule has 1 saturated carbocycles. The molecule has 1 unspecified atom stereocenters. The molecule has 16 heavy (non-hydrogen) atoms. The second-order valence-electron chi connectivity index (χ2n) is 4.59. The highest BCUT2D eigenvalue weighted by atomic mass is 19.1. The van der Waals surface area contributed by atoms with E-state index in [9.17, 15) is 4.39 Å². The van der Waals surface area contributed by atoms with Crippen LogP contribution in [0.25, 0.3) is 0 Å². The minimum Gasteiger partial charge on any atom is -0.373 e. The first kappa shape index (κ1) is 11.4. The molecule has 1 atom stereocenters. The van der Waals surface area contributed by atoms with E-state index in [2.05, 4.69) is 17.3 Å². The zero-order valence-corrected chi connectivity index (χ0v) is 9.91. The molecule has 1 aliphatic carbocycles. The molecule has 0 saturated heterocycles. The first-order valence-corrected chi connectivity index (χ1v) is 5.84. The molecule has 0 amide bonds. The Hall–Kier alpha value is -1.09. The van der Waals surface area contributed by atoms with Crippen LogP contribution in [0.5, 0.6) is 0 Å². The van der Waals surface area contributed by atoms with Crippen LogP contribution in [-0.2, 0) is 0 Å². The molecule has 0 radical (unpaired) electrons. The van der Waals surface area contributed by atoms with Crippen LogP contribution in [-0.4, -0.2) is 26.7 Å². The molecule has 1 aliphatic rings. The van der Waals surface area contributed by atoms with E-state index in [-0.39, 0.29) is 5.82 Å². The number of halogens is 1. The molecule has 1 aromatic carbocycles. The predicted octanol–water partition coefficient (Wildman–Crippen LogP) is 2.26. The highest BCUT2D eigenvalue weighted by Gasteiger charge is 2.30. The number of likely N-dealkylation sites (N-methyl/N-ethyl adjacent to an activating group) is 2. The maximum atomic E-state index is 12.8. The van der Waals surface area contributed by atoms with E-state index in [1.807, 2.05) is 19.2 Å². The minimum absolute atomic E-state index is 0.176. The molecule has 0 bridgehead atoms. The summed E-state index contributed by atoms with van der Waals surface area (Å²) >= 11 is 0. The van der Waals surface area contributed by atoms with Crippen molar-refractivity contribution in [1.82, 2.24) is 5.32 Å². The quantitative estimate of drug-likeness (QED) is 0.822. The lowest BCUT2D eigenvalue weighted by Crippen LogP contribution is -2.39. The molecule has 2 rings (SSSR count). The fourth-order valence-electron chi connectivity index (χ4n) is 2.07. The molecule has 0 aliphatic heterocycles. The van der Waals surface area contributed by atoms with Crippen LogP contribution in [0.2, 0.25) is 0 Å². The van der Waals surface area contributed by atoms with Gasteiger partial charge in [-0.25, -0.2) is 4.39 Å². The molecule has 0 aromatic heterocycles. The Balaban J connectivity index is 1.95. The third-order valence-corrected chi connectivity index (χ3v) is 3.30. The van der Waals surface area contributed by atoms with E-state index < -0.39 is 0 Å². The maximum absolute atomic E-state index is 12.8. The normalized spacial score (nSPS) is 17.2. The number of anilines is 1. The lowest BCUT2D eigenvalue weighted by Gasteiger charge is -2.25. The van der Waals surface area contributed by atoms with Gasteiger partial charge >= 0.3 is 0 Å². The van der Waals surface area contributed by atoms with Gasteiger partial charge in [0.1, 0.15) is 5.82 Å². The van der Waals surface area contributed by atoms with Gasteiger partial charge < -0.3 is 10.2 Å². The SMILES string of the molecule is CNC(CN(C)c1ccc(F)cc1)C1CC1. The fraction of sp³-hybridized carbons (Fsp3) is 0.538. The lowest BCUT2D eigenvalue weighted by molar-refractivity contribution is 0.503. The Morgan fingerprint density at radius 2 is 2.00 bits per heavy atom. The number of hydrogen-bond donors (Lipinski definition) is 1. The molecule has 3 heteroatoms. The van der Waals surface area contributed by atoms with Gasteiger partial charge in [0.25, 0.3) is 0 Å². The van der Waals surface area contributed by atoms with Gasteiger partial charge in [0, 0.05) is 25.3 Å². The van der Waals surface area contributed by atoms with Crippen molar-refractivity contribution in [3.05, 3.63) is 30.1 Å². The Morgan fingerprint density at radius 3 is 2.50 bits per heavy atom. The van der Waals surface area contributed by atoms with Crippen molar-refractivity contribution in [2.75, 3.05) is 25.5 Å². The second kappa shape index (κ2) is 4.83. The zero-order chi connectivity index (χ0) is 11.5. The molecule has 0 spiro atoms. The van der Waals surface area contributed by atoms with Gasteiger partial charge in [-0.15, -0.1) is 0 Å². The van der Waals surface area contributed by atoms with Crippen LogP contribution in [0.15, 0.2) is 24.3 Å². The molecule has 1 N–H and O–H groups in total. The van der Waals surface area contributed by atoms with Crippen molar-refractivity contribution >= 4 is 5.69 Å². The third-order valence-electron chi connectivity index (χ3n) is 3.30. The van der Waals surface area contributed by atoms with Crippen LogP contribution in [0.1, 0.15) is 12.8 Å². The van der Waals surface area contributed by atoms with Crippen LogP contribution < -0.4 is 10.2 Å². The Morgan fingerprint density at radius 1 is 1.38 bits per heavy atom. The van der Waals surface area contributed by atoms with E-state index in [0.717, 1.165) is 18.2 Å². The van der Waals surface area contributed by atoms with Crippen molar-refractivity contribution < 1.29 is 4.39 Å². The topological polar surface area (TPSA) is 15.3 Å². The van der Waals surface area contributed by atoms with Crippen LogP contribution >= 0.6 is 0 Å². The van der Waals surface area contributed by atoms with Crippen molar-refractivity contribution in [2.45, 2.75) is 18.9 Å². The van der Waals surface area contributed by atoms with Crippen molar-refractivity contribution in [1.29, 1.82) is 0 Å². The number of hydrogen-bond acceptors (Lipinski definition) is 2. The van der Waals surface area contributed by atoms with Crippen molar-refractivity contribution in [3.8, 4) is 0 Å². The smallest absolute Gasteiger partial charge is 0.123 e. The molecule has 0 heterocycles. The van der Waals surface area contributed by atoms with Crippen LogP contribution in [0, 0.1) is 11.7 Å². The third kappa shape index (κ3) is 2.73. The van der Waals surface area contributed by atoms with Gasteiger partial charge in [0.2, 0.25) is 0 Å². The lowest BCUT2D eigenvalue weighted by atomic mass is 10.1. The summed E-state index contributed by atoms with van der Waals surface area (Å²) in [5.74, 6) is 0.650. The Bertz CT molecular complexity index is 332. The standard InChI is InChI=1S/C13H19FN2/c1-15-13(10-3-4-10)9-16(2)12-7-5-11(14)6-8-12/h5-8,10,13,15H,3-4,9H2,1-2H3. The number of nitrogens with one attached hydrogen (secondary N) is 1. The Kier molecular flexibility index (Phi) is 3.44. The summed E-state index contributed by atoms with van der Waals surface area (Å²) in [6.45, 7) is 0.979. The summed E-state index contributed by atoms with van der Waals surface area (Å²) in [7, 11) is 4.07. The fourth-order valence-corrected chi connectivity index (χ4v) is 2.07. The van der Waals surface area contributed by atoms with E-state index in [4.69, 9.17) is 0 Å². The zero-order valence-electron chi connectivity index (χ0n) is 9.91.